The molecule has 0 aliphatic carbocycles. The molecule has 3 heterocycles. The molecule has 1 aromatic carbocycles. The van der Waals surface area contributed by atoms with Gasteiger partial charge in [-0.2, -0.15) is 0 Å². The smallest absolute Gasteiger partial charge is 0.159 e. The third kappa shape index (κ3) is 3.10. The molecule has 2 aromatic heterocycles. The van der Waals surface area contributed by atoms with E-state index in [1.54, 1.807) is 13.2 Å². The van der Waals surface area contributed by atoms with Gasteiger partial charge in [-0.25, -0.2) is 14.4 Å². The minimum Gasteiger partial charge on any atom is -0.383 e. The van der Waals surface area contributed by atoms with Gasteiger partial charge in [0.1, 0.15) is 11.3 Å². The van der Waals surface area contributed by atoms with Crippen LogP contribution in [0, 0.1) is 19.7 Å². The van der Waals surface area contributed by atoms with E-state index in [0.29, 0.717) is 6.61 Å². The van der Waals surface area contributed by atoms with E-state index in [9.17, 15) is 4.39 Å². The molecular weight excluding hydrogens is 367 g/mol. The van der Waals surface area contributed by atoms with Crippen LogP contribution in [0.3, 0.4) is 0 Å². The molecule has 6 heteroatoms. The number of hydrogen-bond acceptors (Lipinski definition) is 4. The summed E-state index contributed by atoms with van der Waals surface area (Å²) in [5, 5.41) is 0. The van der Waals surface area contributed by atoms with Gasteiger partial charge in [0, 0.05) is 32.0 Å². The zero-order valence-corrected chi connectivity index (χ0v) is 18.0. The Morgan fingerprint density at radius 1 is 1.24 bits per heavy atom. The second kappa shape index (κ2) is 7.41. The molecule has 0 N–H and O–H groups in total. The van der Waals surface area contributed by atoms with Crippen molar-refractivity contribution in [3.8, 4) is 0 Å². The van der Waals surface area contributed by atoms with E-state index in [2.05, 4.69) is 43.5 Å². The van der Waals surface area contributed by atoms with Crippen LogP contribution in [0.5, 0.6) is 0 Å². The molecule has 0 saturated heterocycles. The molecule has 0 amide bonds. The largest absolute Gasteiger partial charge is 0.383 e. The first-order valence-electron chi connectivity index (χ1n) is 10.2. The highest BCUT2D eigenvalue weighted by molar-refractivity contribution is 5.77. The van der Waals surface area contributed by atoms with Crippen LogP contribution in [0.4, 0.5) is 10.1 Å². The summed E-state index contributed by atoms with van der Waals surface area (Å²) < 4.78 is 21.5. The summed E-state index contributed by atoms with van der Waals surface area (Å²) in [6.45, 7) is 9.05. The molecule has 5 nitrogen and oxygen atoms in total. The number of likely N-dealkylation sites (N-methyl/N-ethyl adjacent to an activating group) is 1. The molecule has 0 spiro atoms. The summed E-state index contributed by atoms with van der Waals surface area (Å²) in [7, 11) is 3.79. The van der Waals surface area contributed by atoms with E-state index in [-0.39, 0.29) is 23.8 Å². The minimum absolute atomic E-state index is 0.0346. The van der Waals surface area contributed by atoms with Gasteiger partial charge in [0.05, 0.1) is 30.1 Å². The van der Waals surface area contributed by atoms with E-state index in [4.69, 9.17) is 14.7 Å². The fraction of sp³-hybridized carbons (Fsp3) is 0.478. The molecule has 0 radical (unpaired) electrons. The van der Waals surface area contributed by atoms with Crippen LogP contribution in [-0.2, 0) is 4.74 Å². The molecule has 1 aliphatic rings. The van der Waals surface area contributed by atoms with Gasteiger partial charge in [0.25, 0.3) is 0 Å². The molecule has 29 heavy (non-hydrogen) atoms. The number of methoxy groups -OCH3 is 1. The maximum atomic E-state index is 13.8. The molecule has 3 atom stereocenters. The third-order valence-electron chi connectivity index (χ3n) is 6.29. The molecule has 1 aliphatic heterocycles. The number of fused-ring (bicyclic) bond motifs is 2. The Kier molecular flexibility index (Phi) is 5.07. The number of rotatable bonds is 5. The summed E-state index contributed by atoms with van der Waals surface area (Å²) >= 11 is 0. The molecule has 0 fully saturated rings. The normalized spacial score (nSPS) is 19.8. The molecule has 3 aromatic rings. The van der Waals surface area contributed by atoms with E-state index in [1.807, 2.05) is 13.0 Å². The van der Waals surface area contributed by atoms with Crippen molar-refractivity contribution in [2.24, 2.45) is 0 Å². The Hall–Kier alpha value is -2.47. The van der Waals surface area contributed by atoms with Gasteiger partial charge >= 0.3 is 0 Å². The monoisotopic (exact) mass is 396 g/mol. The lowest BCUT2D eigenvalue weighted by atomic mass is 9.94. The maximum absolute atomic E-state index is 13.8. The fourth-order valence-electron chi connectivity index (χ4n) is 4.73. The SMILES string of the molecule is CCC(COC)n1cc(C)c2nc(C3C(C)c4cc(F)ccc4N3C)c(C)nc21. The standard InChI is InChI=1S/C23H29FN4O/c1-7-17(12-29-6)28-11-13(2)20-23(28)25-15(4)21(26-20)22-14(3)18-10-16(24)8-9-19(18)27(22)5/h8-11,14,17,22H,7,12H2,1-6H3. The first-order chi connectivity index (χ1) is 13.9. The van der Waals surface area contributed by atoms with E-state index < -0.39 is 0 Å². The van der Waals surface area contributed by atoms with Gasteiger partial charge in [-0.1, -0.05) is 13.8 Å². The molecule has 154 valence electrons. The first kappa shape index (κ1) is 19.8. The van der Waals surface area contributed by atoms with Gasteiger partial charge in [-0.05, 0) is 49.6 Å². The van der Waals surface area contributed by atoms with Crippen molar-refractivity contribution in [3.63, 3.8) is 0 Å². The molecule has 4 rings (SSSR count). The lowest BCUT2D eigenvalue weighted by Crippen LogP contribution is -2.24. The van der Waals surface area contributed by atoms with Crippen LogP contribution in [0.25, 0.3) is 11.2 Å². The van der Waals surface area contributed by atoms with Gasteiger partial charge in [0.15, 0.2) is 5.65 Å². The Balaban J connectivity index is 1.82. The van der Waals surface area contributed by atoms with Gasteiger partial charge in [-0.3, -0.25) is 0 Å². The third-order valence-corrected chi connectivity index (χ3v) is 6.29. The highest BCUT2D eigenvalue weighted by Crippen LogP contribution is 2.48. The van der Waals surface area contributed by atoms with Gasteiger partial charge in [-0.15, -0.1) is 0 Å². The lowest BCUT2D eigenvalue weighted by Gasteiger charge is -2.26. The molecule has 0 saturated carbocycles. The first-order valence-corrected chi connectivity index (χ1v) is 10.2. The Bertz CT molecular complexity index is 1060. The van der Waals surface area contributed by atoms with Crippen LogP contribution in [-0.4, -0.2) is 35.3 Å². The minimum atomic E-state index is -0.195. The van der Waals surface area contributed by atoms with Crippen LogP contribution in [0.1, 0.15) is 60.8 Å². The van der Waals surface area contributed by atoms with Gasteiger partial charge in [0.2, 0.25) is 0 Å². The second-order valence-electron chi connectivity index (χ2n) is 8.15. The van der Waals surface area contributed by atoms with E-state index in [1.165, 1.54) is 6.07 Å². The average Bonchev–Trinajstić information content (AvgIpc) is 3.13. The van der Waals surface area contributed by atoms with Gasteiger partial charge < -0.3 is 14.2 Å². The fourth-order valence-corrected chi connectivity index (χ4v) is 4.73. The number of aromatic nitrogens is 3. The summed E-state index contributed by atoms with van der Waals surface area (Å²) in [6, 6.07) is 5.30. The van der Waals surface area contributed by atoms with Crippen molar-refractivity contribution in [1.29, 1.82) is 0 Å². The summed E-state index contributed by atoms with van der Waals surface area (Å²) in [5.41, 5.74) is 6.92. The maximum Gasteiger partial charge on any atom is 0.159 e. The Morgan fingerprint density at radius 2 is 2.00 bits per heavy atom. The molecular formula is C23H29FN4O. The lowest BCUT2D eigenvalue weighted by molar-refractivity contribution is 0.154. The number of anilines is 1. The predicted octanol–water partition coefficient (Wildman–Crippen LogP) is 5.08. The Morgan fingerprint density at radius 3 is 2.69 bits per heavy atom. The van der Waals surface area contributed by atoms with E-state index in [0.717, 1.165) is 45.8 Å². The van der Waals surface area contributed by atoms with Crippen LogP contribution in [0.15, 0.2) is 24.4 Å². The number of ether oxygens (including phenoxy) is 1. The number of aryl methyl sites for hydroxylation is 2. The summed E-state index contributed by atoms with van der Waals surface area (Å²) in [5.74, 6) is -0.0602. The molecule has 3 unspecified atom stereocenters. The topological polar surface area (TPSA) is 43.2 Å². The number of nitrogens with zero attached hydrogens (tertiary/aromatic N) is 4. The van der Waals surface area contributed by atoms with Crippen molar-refractivity contribution in [2.45, 2.75) is 52.1 Å². The average molecular weight is 397 g/mol. The number of halogens is 1. The summed E-state index contributed by atoms with van der Waals surface area (Å²) in [6.07, 6.45) is 3.09. The number of hydrogen-bond donors (Lipinski definition) is 0. The predicted molar refractivity (Wildman–Crippen MR) is 114 cm³/mol. The quantitative estimate of drug-likeness (QED) is 0.603. The highest BCUT2D eigenvalue weighted by atomic mass is 19.1. The number of benzene rings is 1. The van der Waals surface area contributed by atoms with Crippen LogP contribution < -0.4 is 4.90 Å². The second-order valence-corrected chi connectivity index (χ2v) is 8.15. The zero-order chi connectivity index (χ0) is 20.9. The summed E-state index contributed by atoms with van der Waals surface area (Å²) in [4.78, 5) is 12.3. The van der Waals surface area contributed by atoms with Crippen molar-refractivity contribution >= 4 is 16.9 Å². The van der Waals surface area contributed by atoms with Crippen molar-refractivity contribution in [3.05, 3.63) is 52.7 Å². The highest BCUT2D eigenvalue weighted by Gasteiger charge is 2.37. The van der Waals surface area contributed by atoms with Crippen molar-refractivity contribution < 1.29 is 9.13 Å². The van der Waals surface area contributed by atoms with Crippen molar-refractivity contribution in [1.82, 2.24) is 14.5 Å². The molecule has 0 bridgehead atoms. The Labute approximate surface area is 171 Å². The van der Waals surface area contributed by atoms with Crippen LogP contribution >= 0.6 is 0 Å². The zero-order valence-electron chi connectivity index (χ0n) is 18.0. The van der Waals surface area contributed by atoms with Crippen molar-refractivity contribution in [2.75, 3.05) is 25.7 Å². The van der Waals surface area contributed by atoms with E-state index >= 15 is 0 Å². The van der Waals surface area contributed by atoms with Crippen LogP contribution in [0.2, 0.25) is 0 Å².